The fourth-order valence-corrected chi connectivity index (χ4v) is 12.2. The molecule has 0 aliphatic rings. The monoisotopic (exact) mass is 570 g/mol. The molecule has 0 aliphatic heterocycles. The number of benzene rings is 3. The van der Waals surface area contributed by atoms with Crippen LogP contribution in [0.5, 0.6) is 0 Å². The van der Waals surface area contributed by atoms with Gasteiger partial charge in [0, 0.05) is 0 Å². The van der Waals surface area contributed by atoms with Crippen LogP contribution < -0.4 is 14.8 Å². The van der Waals surface area contributed by atoms with E-state index in [0.29, 0.717) is 6.61 Å². The molecule has 3 aromatic carbocycles. The van der Waals surface area contributed by atoms with E-state index in [-0.39, 0.29) is 25.9 Å². The summed E-state index contributed by atoms with van der Waals surface area (Å²) < 4.78 is 12.2. The summed E-state index contributed by atoms with van der Waals surface area (Å²) in [7, 11) is -1.36. The third-order valence-electron chi connectivity index (χ3n) is 6.75. The number of hydrogen-bond acceptors (Lipinski definition) is 4. The molecule has 0 aromatic heterocycles. The molecular formula is C30H38O4SeSi. The molecule has 0 unspecified atom stereocenters. The van der Waals surface area contributed by atoms with Crippen molar-refractivity contribution in [1.82, 2.24) is 0 Å². The Kier molecular flexibility index (Phi) is 9.37. The zero-order valence-electron chi connectivity index (χ0n) is 22.1. The topological polar surface area (TPSA) is 55.8 Å². The van der Waals surface area contributed by atoms with E-state index in [9.17, 15) is 9.90 Å². The van der Waals surface area contributed by atoms with Crippen molar-refractivity contribution in [2.75, 3.05) is 13.7 Å². The normalized spacial score (nSPS) is 15.5. The van der Waals surface area contributed by atoms with E-state index in [4.69, 9.17) is 9.16 Å². The van der Waals surface area contributed by atoms with Crippen LogP contribution in [0.4, 0.5) is 0 Å². The van der Waals surface area contributed by atoms with E-state index < -0.39 is 24.7 Å². The number of carbonyl (C=O) groups is 1. The average Bonchev–Trinajstić information content (AvgIpc) is 2.89. The molecule has 0 radical (unpaired) electrons. The number of ether oxygens (including phenoxy) is 1. The number of methoxy groups -OCH3 is 1. The van der Waals surface area contributed by atoms with Gasteiger partial charge in [-0.15, -0.1) is 0 Å². The predicted octanol–water partition coefficient (Wildman–Crippen LogP) is 3.94. The number of aliphatic hydroxyl groups is 1. The summed E-state index contributed by atoms with van der Waals surface area (Å²) in [4.78, 5) is 13.0. The van der Waals surface area contributed by atoms with Crippen molar-refractivity contribution in [2.45, 2.75) is 50.1 Å². The summed E-state index contributed by atoms with van der Waals surface area (Å²) in [5.74, 6) is -0.683. The van der Waals surface area contributed by atoms with Crippen molar-refractivity contribution in [3.05, 3.63) is 91.0 Å². The number of hydrogen-bond donors (Lipinski definition) is 1. The van der Waals surface area contributed by atoms with Crippen molar-refractivity contribution in [3.8, 4) is 0 Å². The van der Waals surface area contributed by atoms with Crippen molar-refractivity contribution in [3.63, 3.8) is 0 Å². The molecule has 3 atom stereocenters. The minimum absolute atomic E-state index is 0.167. The zero-order valence-corrected chi connectivity index (χ0v) is 24.8. The molecule has 0 fully saturated rings. The van der Waals surface area contributed by atoms with Gasteiger partial charge in [0.2, 0.25) is 0 Å². The summed E-state index contributed by atoms with van der Waals surface area (Å²) >= 11 is -0.327. The second kappa shape index (κ2) is 11.9. The first-order valence-corrected chi connectivity index (χ1v) is 15.9. The van der Waals surface area contributed by atoms with Gasteiger partial charge in [-0.25, -0.2) is 0 Å². The molecular weight excluding hydrogens is 531 g/mol. The Labute approximate surface area is 223 Å². The fraction of sp³-hybridized carbons (Fsp3) is 0.367. The third-order valence-corrected chi connectivity index (χ3v) is 14.6. The van der Waals surface area contributed by atoms with E-state index in [1.165, 1.54) is 17.5 Å². The molecule has 4 nitrogen and oxygen atoms in total. The summed E-state index contributed by atoms with van der Waals surface area (Å²) in [6, 6.07) is 30.8. The van der Waals surface area contributed by atoms with E-state index in [0.717, 1.165) is 4.46 Å². The first-order chi connectivity index (χ1) is 17.1. The predicted molar refractivity (Wildman–Crippen MR) is 151 cm³/mol. The maximum atomic E-state index is 13.0. The quantitative estimate of drug-likeness (QED) is 0.297. The Morgan fingerprint density at radius 3 is 1.72 bits per heavy atom. The van der Waals surface area contributed by atoms with Crippen molar-refractivity contribution in [1.29, 1.82) is 0 Å². The Hall–Kier alpha value is -2.21. The molecule has 0 spiro atoms. The van der Waals surface area contributed by atoms with Crippen LogP contribution in [0.3, 0.4) is 0 Å². The second-order valence-corrected chi connectivity index (χ2v) is 17.9. The van der Waals surface area contributed by atoms with E-state index in [1.54, 1.807) is 0 Å². The van der Waals surface area contributed by atoms with Crippen molar-refractivity contribution < 1.29 is 19.1 Å². The van der Waals surface area contributed by atoms with Crippen LogP contribution in [0.15, 0.2) is 91.0 Å². The zero-order chi connectivity index (χ0) is 26.4. The molecule has 1 N–H and O–H groups in total. The SMILES string of the molecule is COC(=O)[C@@](C)([Se]c1ccccc1)[C@H](O)[C@@H](C)CO[Si](c1ccccc1)(c1ccccc1)C(C)(C)C. The first-order valence-electron chi connectivity index (χ1n) is 12.3. The summed E-state index contributed by atoms with van der Waals surface area (Å²) in [6.45, 7) is 10.8. The van der Waals surface area contributed by atoms with Gasteiger partial charge in [0.25, 0.3) is 0 Å². The van der Waals surface area contributed by atoms with Gasteiger partial charge in [0.15, 0.2) is 0 Å². The van der Waals surface area contributed by atoms with E-state index in [2.05, 4.69) is 69.3 Å². The van der Waals surface area contributed by atoms with Crippen LogP contribution in [0.25, 0.3) is 0 Å². The van der Waals surface area contributed by atoms with Crippen molar-refractivity contribution in [2.24, 2.45) is 5.92 Å². The standard InChI is InChI=1S/C30H38O4SeSi/c1-23(27(31)30(5,28(32)33-6)35-24-16-10-7-11-17-24)22-34-36(29(2,3)4,25-18-12-8-13-19-25)26-20-14-9-15-21-26/h7-21,23,27,31H,22H2,1-6H3/t23-,27+,30-/m0/s1. The third kappa shape index (κ3) is 5.85. The molecule has 0 heterocycles. The van der Waals surface area contributed by atoms with Gasteiger partial charge in [-0.05, 0) is 0 Å². The van der Waals surface area contributed by atoms with Gasteiger partial charge in [-0.1, -0.05) is 0 Å². The molecule has 192 valence electrons. The van der Waals surface area contributed by atoms with Gasteiger partial charge < -0.3 is 0 Å². The van der Waals surface area contributed by atoms with E-state index >= 15 is 0 Å². The van der Waals surface area contributed by atoms with Gasteiger partial charge >= 0.3 is 224 Å². The Balaban J connectivity index is 1.96. The molecule has 6 heteroatoms. The Morgan fingerprint density at radius 1 is 0.861 bits per heavy atom. The molecule has 3 aromatic rings. The second-order valence-electron chi connectivity index (χ2n) is 10.4. The van der Waals surface area contributed by atoms with Crippen LogP contribution in [-0.2, 0) is 14.0 Å². The molecule has 0 aliphatic carbocycles. The molecule has 0 bridgehead atoms. The van der Waals surface area contributed by atoms with Gasteiger partial charge in [0.05, 0.1) is 0 Å². The summed E-state index contributed by atoms with van der Waals surface area (Å²) in [5.41, 5.74) is 0. The number of rotatable bonds is 10. The van der Waals surface area contributed by atoms with Crippen LogP contribution in [0, 0.1) is 5.92 Å². The van der Waals surface area contributed by atoms with Crippen LogP contribution in [0.2, 0.25) is 9.35 Å². The fourth-order valence-electron chi connectivity index (χ4n) is 4.81. The molecule has 3 rings (SSSR count). The summed E-state index contributed by atoms with van der Waals surface area (Å²) in [6.07, 6.45) is -0.927. The molecule has 36 heavy (non-hydrogen) atoms. The van der Waals surface area contributed by atoms with Gasteiger partial charge in [0.1, 0.15) is 0 Å². The molecule has 0 amide bonds. The Morgan fingerprint density at radius 2 is 1.31 bits per heavy atom. The molecule has 0 saturated carbocycles. The van der Waals surface area contributed by atoms with Crippen LogP contribution in [-0.4, -0.2) is 54.2 Å². The average molecular weight is 570 g/mol. The number of carbonyl (C=O) groups excluding carboxylic acids is 1. The van der Waals surface area contributed by atoms with Gasteiger partial charge in [-0.2, -0.15) is 0 Å². The molecule has 0 saturated heterocycles. The summed E-state index contributed by atoms with van der Waals surface area (Å²) in [5, 5.41) is 13.8. The Bertz CT molecular complexity index is 1060. The maximum absolute atomic E-state index is 13.0. The van der Waals surface area contributed by atoms with Crippen molar-refractivity contribution >= 4 is 44.1 Å². The van der Waals surface area contributed by atoms with Gasteiger partial charge in [-0.3, -0.25) is 0 Å². The van der Waals surface area contributed by atoms with Crippen LogP contribution in [0.1, 0.15) is 34.6 Å². The van der Waals surface area contributed by atoms with Crippen LogP contribution >= 0.6 is 0 Å². The number of esters is 1. The minimum atomic E-state index is -2.75. The van der Waals surface area contributed by atoms with E-state index in [1.807, 2.05) is 56.3 Å². The number of aliphatic hydroxyl groups excluding tert-OH is 1. The first kappa shape index (κ1) is 28.4.